The van der Waals surface area contributed by atoms with Crippen LogP contribution in [0.5, 0.6) is 0 Å². The highest BCUT2D eigenvalue weighted by Gasteiger charge is 2.75. The zero-order chi connectivity index (χ0) is 21.8. The molecule has 170 valence electrons. The van der Waals surface area contributed by atoms with E-state index in [1.165, 1.54) is 19.3 Å². The molecule has 9 nitrogen and oxygen atoms in total. The van der Waals surface area contributed by atoms with Gasteiger partial charge in [-0.05, 0) is 62.0 Å². The lowest BCUT2D eigenvalue weighted by atomic mass is 9.95. The normalized spacial score (nSPS) is 41.8. The van der Waals surface area contributed by atoms with Gasteiger partial charge in [0.25, 0.3) is 0 Å². The van der Waals surface area contributed by atoms with Crippen molar-refractivity contribution in [2.75, 3.05) is 5.32 Å². The first-order valence-corrected chi connectivity index (χ1v) is 12.2. The van der Waals surface area contributed by atoms with Gasteiger partial charge in [0.15, 0.2) is 17.0 Å². The van der Waals surface area contributed by atoms with E-state index in [0.717, 1.165) is 25.2 Å². The molecule has 2 aromatic rings. The molecule has 1 amide bonds. The van der Waals surface area contributed by atoms with Crippen LogP contribution in [-0.4, -0.2) is 59.9 Å². The fraction of sp³-hybridized carbons (Fsp3) is 0.727. The van der Waals surface area contributed by atoms with E-state index < -0.39 is 23.7 Å². The van der Waals surface area contributed by atoms with Gasteiger partial charge in [0.2, 0.25) is 11.2 Å². The molecule has 0 saturated heterocycles. The van der Waals surface area contributed by atoms with E-state index in [-0.39, 0.29) is 23.2 Å². The number of nitrogens with zero attached hydrogens (tertiary/aromatic N) is 4. The number of anilines is 1. The van der Waals surface area contributed by atoms with Crippen LogP contribution in [0, 0.1) is 23.2 Å². The Kier molecular flexibility index (Phi) is 3.99. The Morgan fingerprint density at radius 2 is 2.03 bits per heavy atom. The first-order valence-electron chi connectivity index (χ1n) is 11.8. The molecular formula is C22H27ClN6O3. The molecule has 5 aliphatic rings. The smallest absolute Gasteiger partial charge is 0.229 e. The van der Waals surface area contributed by atoms with E-state index in [9.17, 15) is 15.0 Å². The van der Waals surface area contributed by atoms with Crippen LogP contribution < -0.4 is 10.6 Å². The number of nitrogens with one attached hydrogen (secondary N) is 2. The van der Waals surface area contributed by atoms with Gasteiger partial charge >= 0.3 is 0 Å². The Balaban J connectivity index is 1.22. The number of aliphatic hydroxyl groups is 2. The molecule has 4 N–H and O–H groups in total. The fourth-order valence-electron chi connectivity index (χ4n) is 6.91. The summed E-state index contributed by atoms with van der Waals surface area (Å²) in [6.45, 7) is 0. The molecule has 2 heterocycles. The summed E-state index contributed by atoms with van der Waals surface area (Å²) in [6.07, 6.45) is 6.93. The second-order valence-corrected chi connectivity index (χ2v) is 11.0. The topological polar surface area (TPSA) is 125 Å². The molecule has 0 radical (unpaired) electrons. The summed E-state index contributed by atoms with van der Waals surface area (Å²) < 4.78 is 1.78. The van der Waals surface area contributed by atoms with E-state index in [0.29, 0.717) is 35.4 Å². The van der Waals surface area contributed by atoms with Crippen molar-refractivity contribution < 1.29 is 15.0 Å². The third-order valence-corrected chi connectivity index (χ3v) is 8.95. The molecule has 2 aromatic heterocycles. The Hall–Kier alpha value is -1.97. The maximum absolute atomic E-state index is 12.9. The minimum atomic E-state index is -1.11. The molecule has 8 atom stereocenters. The van der Waals surface area contributed by atoms with Crippen LogP contribution in [0.3, 0.4) is 0 Å². The van der Waals surface area contributed by atoms with Crippen LogP contribution in [0.15, 0.2) is 6.33 Å². The van der Waals surface area contributed by atoms with E-state index in [1.54, 1.807) is 10.9 Å². The number of aliphatic hydroxyl groups excluding tert-OH is 2. The SMILES string of the molecule is O=C(NC1CC1)[C@@]12CC1[C@@H](n1cnc3c(NC4CC5CCC4C5)nc(Cl)nc31)[C@H](O)C2O. The number of hydrogen-bond acceptors (Lipinski definition) is 7. The molecule has 5 unspecified atom stereocenters. The van der Waals surface area contributed by atoms with E-state index >= 15 is 0 Å². The van der Waals surface area contributed by atoms with Gasteiger partial charge in [-0.1, -0.05) is 6.42 Å². The zero-order valence-corrected chi connectivity index (χ0v) is 18.4. The number of hydrogen-bond donors (Lipinski definition) is 4. The molecule has 0 aromatic carbocycles. The maximum atomic E-state index is 12.9. The van der Waals surface area contributed by atoms with Gasteiger partial charge in [-0.25, -0.2) is 4.98 Å². The lowest BCUT2D eigenvalue weighted by molar-refractivity contribution is -0.132. The van der Waals surface area contributed by atoms with Crippen molar-refractivity contribution in [2.45, 2.75) is 75.3 Å². The van der Waals surface area contributed by atoms with Crippen molar-refractivity contribution in [3.63, 3.8) is 0 Å². The number of carbonyl (C=O) groups is 1. The Labute approximate surface area is 190 Å². The average molecular weight is 459 g/mol. The summed E-state index contributed by atoms with van der Waals surface area (Å²) in [7, 11) is 0. The van der Waals surface area contributed by atoms with Gasteiger partial charge in [-0.2, -0.15) is 9.97 Å². The molecule has 0 spiro atoms. The molecule has 0 aliphatic heterocycles. The van der Waals surface area contributed by atoms with E-state index in [4.69, 9.17) is 11.6 Å². The van der Waals surface area contributed by atoms with Crippen LogP contribution in [-0.2, 0) is 4.79 Å². The Bertz CT molecular complexity index is 1120. The number of rotatable bonds is 5. The predicted molar refractivity (Wildman–Crippen MR) is 116 cm³/mol. The summed E-state index contributed by atoms with van der Waals surface area (Å²) >= 11 is 6.30. The van der Waals surface area contributed by atoms with Crippen molar-refractivity contribution >= 4 is 34.5 Å². The highest BCUT2D eigenvalue weighted by atomic mass is 35.5. The van der Waals surface area contributed by atoms with Crippen LogP contribution >= 0.6 is 11.6 Å². The Morgan fingerprint density at radius 1 is 1.19 bits per heavy atom. The second-order valence-electron chi connectivity index (χ2n) is 10.6. The van der Waals surface area contributed by atoms with Crippen LogP contribution in [0.4, 0.5) is 5.82 Å². The lowest BCUT2D eigenvalue weighted by Gasteiger charge is -2.24. The van der Waals surface area contributed by atoms with Crippen molar-refractivity contribution in [3.8, 4) is 0 Å². The standard InChI is InChI=1S/C22H27ClN6O3/c23-21-27-18(26-13-6-9-1-2-10(13)5-9)14-19(28-21)29(8-24-14)15-12-7-22(12,17(31)16(15)30)20(32)25-11-3-4-11/h8-13,15-17,30-31H,1-7H2,(H,25,32)(H,26,27,28)/t9?,10?,12?,13?,15-,16+,17?,22+/m1/s1. The van der Waals surface area contributed by atoms with Crippen LogP contribution in [0.1, 0.15) is 51.0 Å². The summed E-state index contributed by atoms with van der Waals surface area (Å²) in [6, 6.07) is 0.0945. The van der Waals surface area contributed by atoms with Gasteiger partial charge in [-0.15, -0.1) is 0 Å². The summed E-state index contributed by atoms with van der Waals surface area (Å²) in [5, 5.41) is 28.5. The van der Waals surface area contributed by atoms with E-state index in [1.807, 2.05) is 0 Å². The number of halogens is 1. The predicted octanol–water partition coefficient (Wildman–Crippen LogP) is 1.64. The summed E-state index contributed by atoms with van der Waals surface area (Å²) in [4.78, 5) is 26.3. The number of aromatic nitrogens is 4. The van der Waals surface area contributed by atoms with Crippen molar-refractivity contribution in [3.05, 3.63) is 11.6 Å². The Morgan fingerprint density at radius 3 is 2.75 bits per heavy atom. The van der Waals surface area contributed by atoms with Crippen molar-refractivity contribution in [1.29, 1.82) is 0 Å². The van der Waals surface area contributed by atoms with Gasteiger partial charge in [-0.3, -0.25) is 4.79 Å². The minimum Gasteiger partial charge on any atom is -0.389 e. The molecule has 2 bridgehead atoms. The minimum absolute atomic E-state index is 0.117. The maximum Gasteiger partial charge on any atom is 0.229 e. The van der Waals surface area contributed by atoms with Crippen molar-refractivity contribution in [1.82, 2.24) is 24.8 Å². The summed E-state index contributed by atoms with van der Waals surface area (Å²) in [5.41, 5.74) is 0.209. The summed E-state index contributed by atoms with van der Waals surface area (Å²) in [5.74, 6) is 1.77. The zero-order valence-electron chi connectivity index (χ0n) is 17.6. The number of carbonyl (C=O) groups excluding carboxylic acids is 1. The van der Waals surface area contributed by atoms with Crippen molar-refractivity contribution in [2.24, 2.45) is 23.2 Å². The number of imidazole rings is 1. The quantitative estimate of drug-likeness (QED) is 0.502. The second kappa shape index (κ2) is 6.55. The van der Waals surface area contributed by atoms with Gasteiger partial charge in [0.05, 0.1) is 23.9 Å². The molecule has 5 aliphatic carbocycles. The fourth-order valence-corrected chi connectivity index (χ4v) is 7.07. The molecule has 10 heteroatoms. The van der Waals surface area contributed by atoms with Crippen LogP contribution in [0.2, 0.25) is 5.28 Å². The third-order valence-electron chi connectivity index (χ3n) is 8.78. The molecular weight excluding hydrogens is 432 g/mol. The highest BCUT2D eigenvalue weighted by Crippen LogP contribution is 2.68. The molecule has 7 rings (SSSR count). The number of fused-ring (bicyclic) bond motifs is 4. The lowest BCUT2D eigenvalue weighted by Crippen LogP contribution is -2.43. The van der Waals surface area contributed by atoms with E-state index in [2.05, 4.69) is 25.6 Å². The first kappa shape index (κ1) is 19.5. The van der Waals surface area contributed by atoms with Crippen LogP contribution in [0.25, 0.3) is 11.2 Å². The monoisotopic (exact) mass is 458 g/mol. The van der Waals surface area contributed by atoms with Gasteiger partial charge in [0.1, 0.15) is 6.10 Å². The first-order chi connectivity index (χ1) is 15.5. The van der Waals surface area contributed by atoms with Gasteiger partial charge in [0, 0.05) is 18.0 Å². The van der Waals surface area contributed by atoms with Gasteiger partial charge < -0.3 is 25.4 Å². The number of amides is 1. The molecule has 5 fully saturated rings. The third kappa shape index (κ3) is 2.64. The average Bonchev–Trinajstić information content (AvgIpc) is 3.54. The molecule has 5 saturated carbocycles. The largest absolute Gasteiger partial charge is 0.389 e. The highest BCUT2D eigenvalue weighted by molar-refractivity contribution is 6.28. The molecule has 32 heavy (non-hydrogen) atoms.